The van der Waals surface area contributed by atoms with E-state index >= 15 is 0 Å². The van der Waals surface area contributed by atoms with Crippen molar-refractivity contribution >= 4 is 39.1 Å². The molecule has 0 aliphatic carbocycles. The summed E-state index contributed by atoms with van der Waals surface area (Å²) in [5.74, 6) is 1.38. The molecule has 0 aliphatic rings. The predicted octanol–water partition coefficient (Wildman–Crippen LogP) is 4.59. The summed E-state index contributed by atoms with van der Waals surface area (Å²) in [6, 6.07) is 7.58. The lowest BCUT2D eigenvalue weighted by atomic mass is 10.1. The molecule has 0 radical (unpaired) electrons. The molecule has 0 unspecified atom stereocenters. The van der Waals surface area contributed by atoms with E-state index in [1.807, 2.05) is 38.1 Å². The number of ether oxygens (including phenoxy) is 1. The number of thiophene rings is 1. The molecule has 0 saturated heterocycles. The first-order chi connectivity index (χ1) is 10.1. The van der Waals surface area contributed by atoms with Crippen LogP contribution in [-0.4, -0.2) is 9.97 Å². The normalized spacial score (nSPS) is 11.0. The summed E-state index contributed by atoms with van der Waals surface area (Å²) in [6.45, 7) is 4.07. The van der Waals surface area contributed by atoms with Crippen molar-refractivity contribution in [2.24, 2.45) is 0 Å². The number of aryl methyl sites for hydroxylation is 2. The minimum Gasteiger partial charge on any atom is -0.438 e. The monoisotopic (exact) mass is 319 g/mol. The Morgan fingerprint density at radius 3 is 2.86 bits per heavy atom. The second-order valence-electron chi connectivity index (χ2n) is 4.67. The molecule has 21 heavy (non-hydrogen) atoms. The van der Waals surface area contributed by atoms with Gasteiger partial charge in [-0.1, -0.05) is 18.5 Å². The second kappa shape index (κ2) is 5.50. The van der Waals surface area contributed by atoms with Crippen LogP contribution in [0.4, 0.5) is 5.95 Å². The first-order valence-electron chi connectivity index (χ1n) is 6.56. The molecule has 4 nitrogen and oxygen atoms in total. The molecule has 6 heteroatoms. The summed E-state index contributed by atoms with van der Waals surface area (Å²) in [5.41, 5.74) is 6.79. The van der Waals surface area contributed by atoms with Crippen molar-refractivity contribution in [2.75, 3.05) is 5.73 Å². The van der Waals surface area contributed by atoms with Crippen LogP contribution in [0.25, 0.3) is 10.2 Å². The van der Waals surface area contributed by atoms with Gasteiger partial charge in [-0.2, -0.15) is 4.98 Å². The number of rotatable bonds is 3. The van der Waals surface area contributed by atoms with Crippen LogP contribution in [-0.2, 0) is 6.42 Å². The number of halogens is 1. The first-order valence-corrected chi connectivity index (χ1v) is 7.76. The average Bonchev–Trinajstić information content (AvgIpc) is 2.81. The van der Waals surface area contributed by atoms with Crippen molar-refractivity contribution in [3.63, 3.8) is 0 Å². The van der Waals surface area contributed by atoms with Crippen molar-refractivity contribution in [2.45, 2.75) is 20.3 Å². The summed E-state index contributed by atoms with van der Waals surface area (Å²) < 4.78 is 5.90. The smallest absolute Gasteiger partial charge is 0.232 e. The molecule has 0 saturated carbocycles. The molecule has 0 spiro atoms. The molecule has 2 N–H and O–H groups in total. The van der Waals surface area contributed by atoms with E-state index in [4.69, 9.17) is 22.1 Å². The van der Waals surface area contributed by atoms with Gasteiger partial charge in [0.25, 0.3) is 0 Å². The highest BCUT2D eigenvalue weighted by Crippen LogP contribution is 2.34. The quantitative estimate of drug-likeness (QED) is 0.767. The van der Waals surface area contributed by atoms with E-state index in [9.17, 15) is 0 Å². The molecule has 0 bridgehead atoms. The fraction of sp³-hybridized carbons (Fsp3) is 0.200. The summed E-state index contributed by atoms with van der Waals surface area (Å²) >= 11 is 7.69. The van der Waals surface area contributed by atoms with Gasteiger partial charge in [-0.15, -0.1) is 11.3 Å². The largest absolute Gasteiger partial charge is 0.438 e. The summed E-state index contributed by atoms with van der Waals surface area (Å²) in [7, 11) is 0. The van der Waals surface area contributed by atoms with E-state index in [0.29, 0.717) is 11.6 Å². The van der Waals surface area contributed by atoms with Gasteiger partial charge in [-0.05, 0) is 43.2 Å². The van der Waals surface area contributed by atoms with Crippen LogP contribution in [0.15, 0.2) is 24.3 Å². The Labute approximate surface area is 131 Å². The van der Waals surface area contributed by atoms with Gasteiger partial charge in [-0.25, -0.2) is 4.98 Å². The van der Waals surface area contributed by atoms with E-state index in [0.717, 1.165) is 32.1 Å². The number of fused-ring (bicyclic) bond motifs is 1. The van der Waals surface area contributed by atoms with Gasteiger partial charge in [-0.3, -0.25) is 0 Å². The fourth-order valence-corrected chi connectivity index (χ4v) is 3.23. The van der Waals surface area contributed by atoms with Gasteiger partial charge in [0.05, 0.1) is 5.39 Å². The number of nitrogen functional groups attached to an aromatic ring is 1. The predicted molar refractivity (Wildman–Crippen MR) is 87.5 cm³/mol. The maximum atomic E-state index is 6.12. The Kier molecular flexibility index (Phi) is 3.69. The van der Waals surface area contributed by atoms with E-state index < -0.39 is 0 Å². The number of aromatic nitrogens is 2. The lowest BCUT2D eigenvalue weighted by Crippen LogP contribution is -1.97. The summed E-state index contributed by atoms with van der Waals surface area (Å²) in [6.07, 6.45) is 0.842. The van der Waals surface area contributed by atoms with Gasteiger partial charge in [0.1, 0.15) is 10.6 Å². The molecule has 1 aromatic carbocycles. The third-order valence-corrected chi connectivity index (χ3v) is 4.42. The lowest BCUT2D eigenvalue weighted by molar-refractivity contribution is 0.469. The maximum Gasteiger partial charge on any atom is 0.232 e. The molecular formula is C15H14ClN3OS. The molecule has 0 atom stereocenters. The highest BCUT2D eigenvalue weighted by atomic mass is 35.5. The minimum atomic E-state index is 0.212. The van der Waals surface area contributed by atoms with Gasteiger partial charge in [0, 0.05) is 9.90 Å². The van der Waals surface area contributed by atoms with E-state index in [1.165, 1.54) is 0 Å². The van der Waals surface area contributed by atoms with Gasteiger partial charge >= 0.3 is 0 Å². The van der Waals surface area contributed by atoms with Crippen LogP contribution in [0.5, 0.6) is 11.6 Å². The Balaban J connectivity index is 2.05. The highest BCUT2D eigenvalue weighted by Gasteiger charge is 2.12. The van der Waals surface area contributed by atoms with Crippen LogP contribution in [0.1, 0.15) is 17.4 Å². The number of hydrogen-bond acceptors (Lipinski definition) is 5. The van der Waals surface area contributed by atoms with Gasteiger partial charge < -0.3 is 10.5 Å². The van der Waals surface area contributed by atoms with Crippen molar-refractivity contribution in [3.8, 4) is 11.6 Å². The Morgan fingerprint density at radius 2 is 2.10 bits per heavy atom. The molecule has 0 aliphatic heterocycles. The second-order valence-corrected chi connectivity index (χ2v) is 6.31. The maximum absolute atomic E-state index is 6.12. The molecule has 2 aromatic heterocycles. The van der Waals surface area contributed by atoms with Crippen molar-refractivity contribution < 1.29 is 4.74 Å². The fourth-order valence-electron chi connectivity index (χ4n) is 2.11. The number of nitrogens with zero attached hydrogens (tertiary/aromatic N) is 2. The van der Waals surface area contributed by atoms with Crippen LogP contribution in [0.3, 0.4) is 0 Å². The average molecular weight is 320 g/mol. The van der Waals surface area contributed by atoms with Crippen LogP contribution in [0, 0.1) is 6.92 Å². The third-order valence-electron chi connectivity index (χ3n) is 3.11. The zero-order chi connectivity index (χ0) is 15.0. The zero-order valence-corrected chi connectivity index (χ0v) is 13.3. The van der Waals surface area contributed by atoms with Crippen LogP contribution in [0.2, 0.25) is 5.02 Å². The van der Waals surface area contributed by atoms with E-state index in [2.05, 4.69) is 9.97 Å². The van der Waals surface area contributed by atoms with Crippen molar-refractivity contribution in [1.82, 2.24) is 9.97 Å². The number of nitrogens with two attached hydrogens (primary N) is 1. The number of hydrogen-bond donors (Lipinski definition) is 1. The number of benzene rings is 1. The Morgan fingerprint density at radius 1 is 1.29 bits per heavy atom. The Bertz CT molecular complexity index is 816. The molecule has 3 aromatic rings. The minimum absolute atomic E-state index is 0.212. The van der Waals surface area contributed by atoms with Crippen LogP contribution >= 0.6 is 22.9 Å². The van der Waals surface area contributed by atoms with E-state index in [-0.39, 0.29) is 5.95 Å². The molecule has 2 heterocycles. The molecule has 108 valence electrons. The van der Waals surface area contributed by atoms with Crippen LogP contribution < -0.4 is 10.5 Å². The number of anilines is 1. The van der Waals surface area contributed by atoms with Crippen molar-refractivity contribution in [1.29, 1.82) is 0 Å². The molecular weight excluding hydrogens is 306 g/mol. The molecule has 0 amide bonds. The highest BCUT2D eigenvalue weighted by molar-refractivity contribution is 7.18. The van der Waals surface area contributed by atoms with Gasteiger partial charge in [0.15, 0.2) is 0 Å². The van der Waals surface area contributed by atoms with Gasteiger partial charge in [0.2, 0.25) is 11.8 Å². The zero-order valence-electron chi connectivity index (χ0n) is 11.7. The summed E-state index contributed by atoms with van der Waals surface area (Å²) in [4.78, 5) is 10.4. The first kappa shape index (κ1) is 14.1. The standard InChI is InChI=1S/C15H14ClN3OS/c1-3-9-7-10(4-5-12(9)16)20-13-11-6-8(2)21-14(11)19-15(17)18-13/h4-7H,3H2,1-2H3,(H2,17,18,19). The summed E-state index contributed by atoms with van der Waals surface area (Å²) in [5, 5.41) is 1.61. The molecule has 0 fully saturated rings. The molecule has 3 rings (SSSR count). The lowest BCUT2D eigenvalue weighted by Gasteiger charge is -2.08. The van der Waals surface area contributed by atoms with E-state index in [1.54, 1.807) is 11.3 Å². The SMILES string of the molecule is CCc1cc(Oc2nc(N)nc3sc(C)cc23)ccc1Cl. The van der Waals surface area contributed by atoms with Crippen molar-refractivity contribution in [3.05, 3.63) is 39.7 Å². The third kappa shape index (κ3) is 2.80. The Hall–Kier alpha value is -1.85. The topological polar surface area (TPSA) is 61.0 Å².